The van der Waals surface area contributed by atoms with Crippen LogP contribution in [0.4, 0.5) is 0 Å². The average molecular weight is 281 g/mol. The summed E-state index contributed by atoms with van der Waals surface area (Å²) in [7, 11) is 0. The minimum Gasteiger partial charge on any atom is -0.192 e. The normalized spacial score (nSPS) is 10.5. The van der Waals surface area contributed by atoms with Gasteiger partial charge in [-0.25, -0.2) is 0 Å². The molecule has 0 N–H and O–H groups in total. The van der Waals surface area contributed by atoms with Crippen LogP contribution in [0.2, 0.25) is 0 Å². The Morgan fingerprint density at radius 1 is 0.591 bits per heavy atom. The van der Waals surface area contributed by atoms with Crippen LogP contribution in [0.5, 0.6) is 0 Å². The molecule has 3 aromatic rings. The summed E-state index contributed by atoms with van der Waals surface area (Å²) in [5.74, 6) is 0. The molecule has 0 heterocycles. The monoisotopic (exact) mass is 281 g/mol. The summed E-state index contributed by atoms with van der Waals surface area (Å²) in [4.78, 5) is 0. The van der Waals surface area contributed by atoms with Crippen molar-refractivity contribution in [3.63, 3.8) is 0 Å². The molecule has 0 aliphatic rings. The second kappa shape index (κ2) is 6.56. The molecule has 0 atom stereocenters. The fraction of sp³-hybridized carbons (Fsp3) is 0. The molecule has 1 nitrogen and oxygen atoms in total. The Kier molecular flexibility index (Phi) is 4.13. The zero-order valence-electron chi connectivity index (χ0n) is 12.1. The Bertz CT molecular complexity index is 805. The van der Waals surface area contributed by atoms with Crippen molar-refractivity contribution in [3.05, 3.63) is 95.6 Å². The summed E-state index contributed by atoms with van der Waals surface area (Å²) in [5, 5.41) is 8.79. The lowest BCUT2D eigenvalue weighted by Gasteiger charge is -2.02. The number of hydrogen-bond acceptors (Lipinski definition) is 1. The van der Waals surface area contributed by atoms with E-state index in [0.29, 0.717) is 5.56 Å². The minimum atomic E-state index is 0.685. The summed E-state index contributed by atoms with van der Waals surface area (Å²) >= 11 is 0. The van der Waals surface area contributed by atoms with Crippen molar-refractivity contribution >= 4 is 12.2 Å². The predicted octanol–water partition coefficient (Wildman–Crippen LogP) is 5.40. The van der Waals surface area contributed by atoms with Gasteiger partial charge in [-0.3, -0.25) is 0 Å². The number of rotatable bonds is 3. The lowest BCUT2D eigenvalue weighted by Crippen LogP contribution is -1.78. The Morgan fingerprint density at radius 3 is 1.64 bits per heavy atom. The van der Waals surface area contributed by atoms with E-state index in [-0.39, 0.29) is 0 Å². The third-order valence-electron chi connectivity index (χ3n) is 3.53. The van der Waals surface area contributed by atoms with Gasteiger partial charge in [0.05, 0.1) is 11.6 Å². The maximum absolute atomic E-state index is 8.79. The smallest absolute Gasteiger partial charge is 0.0991 e. The molecule has 0 fully saturated rings. The number of nitriles is 1. The van der Waals surface area contributed by atoms with Crippen LogP contribution in [0.1, 0.15) is 16.7 Å². The molecule has 3 aromatic carbocycles. The van der Waals surface area contributed by atoms with E-state index < -0.39 is 0 Å². The standard InChI is InChI=1S/C21H15N/c22-16-19-10-8-17(9-11-19)6-7-18-12-14-21(15-13-18)20-4-2-1-3-5-20/h1-15H. The van der Waals surface area contributed by atoms with E-state index in [1.54, 1.807) is 0 Å². The quantitative estimate of drug-likeness (QED) is 0.590. The number of hydrogen-bond donors (Lipinski definition) is 0. The first kappa shape index (κ1) is 13.9. The van der Waals surface area contributed by atoms with E-state index in [4.69, 9.17) is 5.26 Å². The largest absolute Gasteiger partial charge is 0.192 e. The van der Waals surface area contributed by atoms with Crippen LogP contribution < -0.4 is 0 Å². The molecule has 3 rings (SSSR count). The van der Waals surface area contributed by atoms with Crippen LogP contribution in [0.15, 0.2) is 78.9 Å². The van der Waals surface area contributed by atoms with Crippen molar-refractivity contribution in [1.82, 2.24) is 0 Å². The van der Waals surface area contributed by atoms with Crippen molar-refractivity contribution in [1.29, 1.82) is 5.26 Å². The fourth-order valence-corrected chi connectivity index (χ4v) is 2.28. The van der Waals surface area contributed by atoms with Crippen LogP contribution >= 0.6 is 0 Å². The van der Waals surface area contributed by atoms with E-state index >= 15 is 0 Å². The predicted molar refractivity (Wildman–Crippen MR) is 92.0 cm³/mol. The Hall–Kier alpha value is -3.11. The van der Waals surface area contributed by atoms with Gasteiger partial charge in [0.1, 0.15) is 0 Å². The first-order valence-electron chi connectivity index (χ1n) is 7.19. The molecule has 0 aliphatic heterocycles. The molecule has 0 amide bonds. The zero-order valence-corrected chi connectivity index (χ0v) is 12.1. The molecule has 0 aromatic heterocycles. The maximum Gasteiger partial charge on any atom is 0.0991 e. The molecular formula is C21H15N. The van der Waals surface area contributed by atoms with Crippen LogP contribution in [0.25, 0.3) is 23.3 Å². The molecular weight excluding hydrogens is 266 g/mol. The van der Waals surface area contributed by atoms with E-state index in [0.717, 1.165) is 11.1 Å². The second-order valence-corrected chi connectivity index (χ2v) is 5.06. The molecule has 0 spiro atoms. The molecule has 0 bridgehead atoms. The second-order valence-electron chi connectivity index (χ2n) is 5.06. The highest BCUT2D eigenvalue weighted by Gasteiger charge is 1.96. The first-order valence-corrected chi connectivity index (χ1v) is 7.19. The summed E-state index contributed by atoms with van der Waals surface area (Å²) < 4.78 is 0. The van der Waals surface area contributed by atoms with Gasteiger partial charge < -0.3 is 0 Å². The van der Waals surface area contributed by atoms with E-state index in [9.17, 15) is 0 Å². The van der Waals surface area contributed by atoms with Crippen LogP contribution in [0, 0.1) is 11.3 Å². The van der Waals surface area contributed by atoms with Gasteiger partial charge in [0.25, 0.3) is 0 Å². The lowest BCUT2D eigenvalue weighted by molar-refractivity contribution is 1.48. The molecule has 104 valence electrons. The summed E-state index contributed by atoms with van der Waals surface area (Å²) in [6, 6.07) is 28.5. The SMILES string of the molecule is N#Cc1ccc(C=Cc2ccc(-c3ccccc3)cc2)cc1. The Morgan fingerprint density at radius 2 is 1.09 bits per heavy atom. The van der Waals surface area contributed by atoms with Crippen molar-refractivity contribution in [2.75, 3.05) is 0 Å². The van der Waals surface area contributed by atoms with Gasteiger partial charge in [-0.1, -0.05) is 78.9 Å². The summed E-state index contributed by atoms with van der Waals surface area (Å²) in [6.07, 6.45) is 4.13. The molecule has 0 radical (unpaired) electrons. The highest BCUT2D eigenvalue weighted by atomic mass is 14.2. The topological polar surface area (TPSA) is 23.8 Å². The van der Waals surface area contributed by atoms with Crippen LogP contribution in [0.3, 0.4) is 0 Å². The minimum absolute atomic E-state index is 0.685. The van der Waals surface area contributed by atoms with Crippen molar-refractivity contribution in [2.24, 2.45) is 0 Å². The van der Waals surface area contributed by atoms with Crippen molar-refractivity contribution in [3.8, 4) is 17.2 Å². The van der Waals surface area contributed by atoms with Crippen LogP contribution in [-0.4, -0.2) is 0 Å². The molecule has 0 aliphatic carbocycles. The fourth-order valence-electron chi connectivity index (χ4n) is 2.28. The average Bonchev–Trinajstić information content (AvgIpc) is 2.61. The van der Waals surface area contributed by atoms with E-state index in [2.05, 4.69) is 54.6 Å². The zero-order chi connectivity index (χ0) is 15.2. The van der Waals surface area contributed by atoms with Gasteiger partial charge >= 0.3 is 0 Å². The van der Waals surface area contributed by atoms with Gasteiger partial charge in [-0.2, -0.15) is 5.26 Å². The van der Waals surface area contributed by atoms with Gasteiger partial charge in [-0.15, -0.1) is 0 Å². The Balaban J connectivity index is 1.75. The summed E-state index contributed by atoms with van der Waals surface area (Å²) in [6.45, 7) is 0. The van der Waals surface area contributed by atoms with E-state index in [1.165, 1.54) is 11.1 Å². The van der Waals surface area contributed by atoms with E-state index in [1.807, 2.05) is 42.5 Å². The van der Waals surface area contributed by atoms with Gasteiger partial charge in [0.2, 0.25) is 0 Å². The maximum atomic E-state index is 8.79. The third-order valence-corrected chi connectivity index (χ3v) is 3.53. The Labute approximate surface area is 130 Å². The van der Waals surface area contributed by atoms with Crippen molar-refractivity contribution < 1.29 is 0 Å². The molecule has 1 heteroatoms. The van der Waals surface area contributed by atoms with Gasteiger partial charge in [0, 0.05) is 0 Å². The van der Waals surface area contributed by atoms with Gasteiger partial charge in [0.15, 0.2) is 0 Å². The number of benzene rings is 3. The molecule has 0 unspecified atom stereocenters. The third kappa shape index (κ3) is 3.31. The van der Waals surface area contributed by atoms with Crippen LogP contribution in [-0.2, 0) is 0 Å². The first-order chi connectivity index (χ1) is 10.8. The molecule has 0 saturated carbocycles. The highest BCUT2D eigenvalue weighted by molar-refractivity contribution is 5.72. The highest BCUT2D eigenvalue weighted by Crippen LogP contribution is 2.20. The number of nitrogens with zero attached hydrogens (tertiary/aromatic N) is 1. The lowest BCUT2D eigenvalue weighted by atomic mass is 10.0. The molecule has 22 heavy (non-hydrogen) atoms. The molecule has 0 saturated heterocycles. The van der Waals surface area contributed by atoms with Gasteiger partial charge in [-0.05, 0) is 34.4 Å². The van der Waals surface area contributed by atoms with Crippen molar-refractivity contribution in [2.45, 2.75) is 0 Å². The summed E-state index contributed by atoms with van der Waals surface area (Å²) in [5.41, 5.74) is 5.38.